The van der Waals surface area contributed by atoms with E-state index in [1.807, 2.05) is 20.8 Å². The Hall–Kier alpha value is -0.650. The molecule has 1 unspecified atom stereocenters. The van der Waals surface area contributed by atoms with Crippen LogP contribution in [-0.2, 0) is 19.0 Å². The number of esters is 1. The minimum atomic E-state index is -0.453. The maximum atomic E-state index is 11.9. The molecule has 0 aromatic rings. The standard InChI is InChI=1S/C12H21NO4/c1-12(2,3)17-11(14)9-6-16-10-7-15-5-4-8(10)13-9/h8-10,13H,4-7H2,1-3H3/t8-,9?,10+/m0/s1. The van der Waals surface area contributed by atoms with Crippen LogP contribution in [0.2, 0.25) is 0 Å². The molecule has 0 saturated carbocycles. The molecule has 0 bridgehead atoms. The van der Waals surface area contributed by atoms with Crippen LogP contribution in [0.3, 0.4) is 0 Å². The number of morpholine rings is 1. The van der Waals surface area contributed by atoms with Gasteiger partial charge < -0.3 is 14.2 Å². The second-order valence-electron chi connectivity index (χ2n) is 5.59. The average molecular weight is 243 g/mol. The van der Waals surface area contributed by atoms with Gasteiger partial charge in [0.05, 0.1) is 19.3 Å². The van der Waals surface area contributed by atoms with E-state index >= 15 is 0 Å². The fourth-order valence-corrected chi connectivity index (χ4v) is 2.10. The van der Waals surface area contributed by atoms with Gasteiger partial charge in [0.15, 0.2) is 0 Å². The Labute approximate surface area is 102 Å². The topological polar surface area (TPSA) is 56.8 Å². The van der Waals surface area contributed by atoms with E-state index in [0.717, 1.165) is 13.0 Å². The average Bonchev–Trinajstić information content (AvgIpc) is 2.26. The first kappa shape index (κ1) is 12.8. The van der Waals surface area contributed by atoms with Crippen LogP contribution in [0.25, 0.3) is 0 Å². The Morgan fingerprint density at radius 2 is 2.12 bits per heavy atom. The Balaban J connectivity index is 1.89. The van der Waals surface area contributed by atoms with Crippen molar-refractivity contribution in [1.29, 1.82) is 0 Å². The Morgan fingerprint density at radius 1 is 1.35 bits per heavy atom. The highest BCUT2D eigenvalue weighted by Gasteiger charge is 2.37. The van der Waals surface area contributed by atoms with E-state index in [9.17, 15) is 4.79 Å². The maximum absolute atomic E-state index is 11.9. The third-order valence-corrected chi connectivity index (χ3v) is 2.89. The Bertz CT molecular complexity index is 287. The van der Waals surface area contributed by atoms with Crippen molar-refractivity contribution in [3.8, 4) is 0 Å². The summed E-state index contributed by atoms with van der Waals surface area (Å²) in [6.45, 7) is 7.29. The fraction of sp³-hybridized carbons (Fsp3) is 0.917. The minimum Gasteiger partial charge on any atom is -0.459 e. The van der Waals surface area contributed by atoms with Crippen LogP contribution in [0.5, 0.6) is 0 Å². The zero-order valence-corrected chi connectivity index (χ0v) is 10.7. The second-order valence-corrected chi connectivity index (χ2v) is 5.59. The number of carbonyl (C=O) groups excluding carboxylic acids is 1. The Kier molecular flexibility index (Phi) is 3.70. The lowest BCUT2D eigenvalue weighted by atomic mass is 10.0. The highest BCUT2D eigenvalue weighted by atomic mass is 16.6. The van der Waals surface area contributed by atoms with Crippen molar-refractivity contribution in [2.75, 3.05) is 19.8 Å². The van der Waals surface area contributed by atoms with E-state index in [1.165, 1.54) is 0 Å². The number of nitrogens with one attached hydrogen (secondary N) is 1. The lowest BCUT2D eigenvalue weighted by molar-refractivity contribution is -0.167. The zero-order chi connectivity index (χ0) is 12.5. The molecule has 0 radical (unpaired) electrons. The molecular weight excluding hydrogens is 222 g/mol. The first-order valence-corrected chi connectivity index (χ1v) is 6.14. The van der Waals surface area contributed by atoms with E-state index in [4.69, 9.17) is 14.2 Å². The molecule has 3 atom stereocenters. The maximum Gasteiger partial charge on any atom is 0.326 e. The zero-order valence-electron chi connectivity index (χ0n) is 10.7. The molecule has 98 valence electrons. The summed E-state index contributed by atoms with van der Waals surface area (Å²) in [5.41, 5.74) is -0.453. The molecule has 1 N–H and O–H groups in total. The Morgan fingerprint density at radius 3 is 2.82 bits per heavy atom. The summed E-state index contributed by atoms with van der Waals surface area (Å²) in [5.74, 6) is -0.234. The molecule has 2 aliphatic heterocycles. The van der Waals surface area contributed by atoms with Crippen molar-refractivity contribution in [3.63, 3.8) is 0 Å². The summed E-state index contributed by atoms with van der Waals surface area (Å²) < 4.78 is 16.3. The van der Waals surface area contributed by atoms with Gasteiger partial charge in [-0.25, -0.2) is 0 Å². The molecule has 2 aliphatic rings. The predicted octanol–water partition coefficient (Wildman–Crippen LogP) is 0.474. The minimum absolute atomic E-state index is 0.0717. The molecule has 2 fully saturated rings. The monoisotopic (exact) mass is 243 g/mol. The molecule has 0 aromatic heterocycles. The van der Waals surface area contributed by atoms with E-state index in [2.05, 4.69) is 5.32 Å². The number of hydrogen-bond donors (Lipinski definition) is 1. The second kappa shape index (κ2) is 4.92. The first-order valence-electron chi connectivity index (χ1n) is 6.14. The van der Waals surface area contributed by atoms with Gasteiger partial charge in [-0.3, -0.25) is 10.1 Å². The molecule has 5 nitrogen and oxygen atoms in total. The molecular formula is C12H21NO4. The van der Waals surface area contributed by atoms with Crippen molar-refractivity contribution in [1.82, 2.24) is 5.32 Å². The number of fused-ring (bicyclic) bond motifs is 1. The van der Waals surface area contributed by atoms with Crippen LogP contribution in [0.1, 0.15) is 27.2 Å². The van der Waals surface area contributed by atoms with Gasteiger partial charge in [0.2, 0.25) is 0 Å². The highest BCUT2D eigenvalue weighted by molar-refractivity contribution is 5.76. The molecule has 0 aromatic carbocycles. The van der Waals surface area contributed by atoms with Gasteiger partial charge in [-0.2, -0.15) is 0 Å². The molecule has 0 aliphatic carbocycles. The van der Waals surface area contributed by atoms with Gasteiger partial charge in [0, 0.05) is 12.6 Å². The number of rotatable bonds is 1. The van der Waals surface area contributed by atoms with E-state index in [0.29, 0.717) is 13.2 Å². The van der Waals surface area contributed by atoms with Crippen LogP contribution >= 0.6 is 0 Å². The lowest BCUT2D eigenvalue weighted by Gasteiger charge is -2.39. The third-order valence-electron chi connectivity index (χ3n) is 2.89. The van der Waals surface area contributed by atoms with Gasteiger partial charge >= 0.3 is 5.97 Å². The number of carbonyl (C=O) groups is 1. The quantitative estimate of drug-likeness (QED) is 0.679. The van der Waals surface area contributed by atoms with Gasteiger partial charge in [-0.15, -0.1) is 0 Å². The SMILES string of the molecule is CC(C)(C)OC(=O)C1CO[C@@H]2COCC[C@@H]2N1. The van der Waals surface area contributed by atoms with Crippen LogP contribution in [0.15, 0.2) is 0 Å². The molecule has 0 amide bonds. The van der Waals surface area contributed by atoms with Crippen molar-refractivity contribution >= 4 is 5.97 Å². The first-order chi connectivity index (χ1) is 7.96. The highest BCUT2D eigenvalue weighted by Crippen LogP contribution is 2.18. The fourth-order valence-electron chi connectivity index (χ4n) is 2.10. The number of hydrogen-bond acceptors (Lipinski definition) is 5. The normalized spacial score (nSPS) is 33.9. The summed E-state index contributed by atoms with van der Waals surface area (Å²) in [6.07, 6.45) is 0.951. The predicted molar refractivity (Wildman–Crippen MR) is 61.7 cm³/mol. The van der Waals surface area contributed by atoms with Gasteiger partial charge in [-0.1, -0.05) is 0 Å². The molecule has 2 rings (SSSR count). The van der Waals surface area contributed by atoms with Crippen LogP contribution < -0.4 is 5.32 Å². The van der Waals surface area contributed by atoms with E-state index in [-0.39, 0.29) is 24.2 Å². The largest absolute Gasteiger partial charge is 0.459 e. The molecule has 2 saturated heterocycles. The molecule has 5 heteroatoms. The van der Waals surface area contributed by atoms with Crippen molar-refractivity contribution < 1.29 is 19.0 Å². The molecule has 0 spiro atoms. The molecule has 2 heterocycles. The summed E-state index contributed by atoms with van der Waals surface area (Å²) in [5, 5.41) is 3.30. The lowest BCUT2D eigenvalue weighted by Crippen LogP contribution is -2.60. The van der Waals surface area contributed by atoms with Crippen molar-refractivity contribution in [2.45, 2.75) is 51.0 Å². The van der Waals surface area contributed by atoms with Gasteiger partial charge in [0.1, 0.15) is 11.6 Å². The van der Waals surface area contributed by atoms with Crippen LogP contribution in [0, 0.1) is 0 Å². The third kappa shape index (κ3) is 3.40. The number of ether oxygens (including phenoxy) is 3. The summed E-state index contributed by atoms with van der Waals surface area (Å²) in [4.78, 5) is 11.9. The van der Waals surface area contributed by atoms with E-state index < -0.39 is 5.60 Å². The van der Waals surface area contributed by atoms with Crippen LogP contribution in [-0.4, -0.2) is 49.6 Å². The van der Waals surface area contributed by atoms with Crippen LogP contribution in [0.4, 0.5) is 0 Å². The molecule has 17 heavy (non-hydrogen) atoms. The summed E-state index contributed by atoms with van der Waals surface area (Å²) >= 11 is 0. The smallest absolute Gasteiger partial charge is 0.326 e. The van der Waals surface area contributed by atoms with E-state index in [1.54, 1.807) is 0 Å². The van der Waals surface area contributed by atoms with Gasteiger partial charge in [-0.05, 0) is 27.2 Å². The summed E-state index contributed by atoms with van der Waals surface area (Å²) in [6, 6.07) is -0.149. The van der Waals surface area contributed by atoms with Crippen molar-refractivity contribution in [3.05, 3.63) is 0 Å². The summed E-state index contributed by atoms with van der Waals surface area (Å²) in [7, 11) is 0. The van der Waals surface area contributed by atoms with Crippen molar-refractivity contribution in [2.24, 2.45) is 0 Å². The van der Waals surface area contributed by atoms with Gasteiger partial charge in [0.25, 0.3) is 0 Å².